The van der Waals surface area contributed by atoms with Crippen LogP contribution in [-0.2, 0) is 10.0 Å². The summed E-state index contributed by atoms with van der Waals surface area (Å²) in [6.45, 7) is 8.71. The van der Waals surface area contributed by atoms with Crippen LogP contribution in [-0.4, -0.2) is 49.3 Å². The van der Waals surface area contributed by atoms with Crippen molar-refractivity contribution in [3.8, 4) is 0 Å². The van der Waals surface area contributed by atoms with Crippen molar-refractivity contribution in [2.75, 3.05) is 26.2 Å². The molecule has 1 aromatic carbocycles. The molecular weight excluding hydrogens is 260 g/mol. The van der Waals surface area contributed by atoms with Gasteiger partial charge in [-0.3, -0.25) is 4.90 Å². The van der Waals surface area contributed by atoms with Crippen molar-refractivity contribution in [1.82, 2.24) is 9.21 Å². The first kappa shape index (κ1) is 12.8. The smallest absolute Gasteiger partial charge is 0.243 e. The predicted octanol–water partition coefficient (Wildman–Crippen LogP) is 1.24. The fourth-order valence-electron chi connectivity index (χ4n) is 2.67. The normalized spacial score (nSPS) is 25.0. The molecule has 0 amide bonds. The Morgan fingerprint density at radius 3 is 2.47 bits per heavy atom. The summed E-state index contributed by atoms with van der Waals surface area (Å²) in [5, 5.41) is 0. The molecule has 2 fully saturated rings. The minimum atomic E-state index is -3.31. The minimum absolute atomic E-state index is 0.103. The number of sulfonamides is 1. The molecule has 3 rings (SSSR count). The van der Waals surface area contributed by atoms with E-state index in [1.807, 2.05) is 25.1 Å². The van der Waals surface area contributed by atoms with Gasteiger partial charge in [0.2, 0.25) is 10.0 Å². The first-order valence-electron chi connectivity index (χ1n) is 6.41. The average molecular weight is 278 g/mol. The fraction of sp³-hybridized carbons (Fsp3) is 0.429. The molecule has 0 N–H and O–H groups in total. The van der Waals surface area contributed by atoms with E-state index < -0.39 is 10.0 Å². The van der Waals surface area contributed by atoms with Gasteiger partial charge in [-0.25, -0.2) is 8.42 Å². The lowest BCUT2D eigenvalue weighted by Gasteiger charge is -2.39. The van der Waals surface area contributed by atoms with Crippen LogP contribution in [0.3, 0.4) is 0 Å². The highest BCUT2D eigenvalue weighted by atomic mass is 32.2. The van der Waals surface area contributed by atoms with E-state index in [0.717, 1.165) is 18.7 Å². The largest absolute Gasteiger partial charge is 0.288 e. The Labute approximate surface area is 114 Å². The van der Waals surface area contributed by atoms with Gasteiger partial charge in [0.15, 0.2) is 0 Å². The van der Waals surface area contributed by atoms with Crippen LogP contribution in [0.4, 0.5) is 0 Å². The van der Waals surface area contributed by atoms with Crippen LogP contribution < -0.4 is 0 Å². The van der Waals surface area contributed by atoms with Crippen LogP contribution in [0.2, 0.25) is 0 Å². The number of benzene rings is 1. The van der Waals surface area contributed by atoms with Gasteiger partial charge in [0.1, 0.15) is 0 Å². The molecule has 1 unspecified atom stereocenters. The van der Waals surface area contributed by atoms with E-state index in [2.05, 4.69) is 11.5 Å². The molecule has 1 spiro atoms. The standard InChI is InChI=1S/C14H18N2O2S/c1-3-8-15-9-14(15)10-16(11-14)19(17,18)13-6-4-12(2)5-7-13/h3-7H,1,8-11H2,2H3. The van der Waals surface area contributed by atoms with Crippen LogP contribution in [0.5, 0.6) is 0 Å². The quantitative estimate of drug-likeness (QED) is 0.614. The molecule has 0 aliphatic carbocycles. The average Bonchev–Trinajstić information content (AvgIpc) is 3.03. The highest BCUT2D eigenvalue weighted by Gasteiger charge is 2.61. The van der Waals surface area contributed by atoms with E-state index in [1.165, 1.54) is 0 Å². The summed E-state index contributed by atoms with van der Waals surface area (Å²) >= 11 is 0. The van der Waals surface area contributed by atoms with Crippen molar-refractivity contribution in [2.24, 2.45) is 0 Å². The summed E-state index contributed by atoms with van der Waals surface area (Å²) in [5.74, 6) is 0. The van der Waals surface area contributed by atoms with Gasteiger partial charge in [-0.05, 0) is 19.1 Å². The Kier molecular flexibility index (Phi) is 2.81. The molecule has 0 bridgehead atoms. The van der Waals surface area contributed by atoms with E-state index in [1.54, 1.807) is 16.4 Å². The molecule has 0 radical (unpaired) electrons. The van der Waals surface area contributed by atoms with Crippen molar-refractivity contribution in [3.05, 3.63) is 42.5 Å². The summed E-state index contributed by atoms with van der Waals surface area (Å²) in [4.78, 5) is 2.66. The predicted molar refractivity (Wildman–Crippen MR) is 74.4 cm³/mol. The van der Waals surface area contributed by atoms with Gasteiger partial charge in [0, 0.05) is 26.2 Å². The minimum Gasteiger partial charge on any atom is -0.288 e. The molecule has 5 heteroatoms. The number of hydrogen-bond acceptors (Lipinski definition) is 3. The second kappa shape index (κ2) is 4.16. The molecule has 2 aliphatic rings. The zero-order valence-corrected chi connectivity index (χ0v) is 11.9. The van der Waals surface area contributed by atoms with Crippen LogP contribution >= 0.6 is 0 Å². The van der Waals surface area contributed by atoms with E-state index in [4.69, 9.17) is 0 Å². The van der Waals surface area contributed by atoms with Gasteiger partial charge >= 0.3 is 0 Å². The monoisotopic (exact) mass is 278 g/mol. The van der Waals surface area contributed by atoms with Gasteiger partial charge in [0.25, 0.3) is 0 Å². The molecule has 2 heterocycles. The lowest BCUT2D eigenvalue weighted by atomic mass is 10.0. The fourth-order valence-corrected chi connectivity index (χ4v) is 4.27. The number of aryl methyl sites for hydroxylation is 1. The summed E-state index contributed by atoms with van der Waals surface area (Å²) in [7, 11) is -3.31. The molecule has 102 valence electrons. The van der Waals surface area contributed by atoms with Crippen LogP contribution in [0.1, 0.15) is 5.56 Å². The molecular formula is C14H18N2O2S. The number of rotatable bonds is 4. The van der Waals surface area contributed by atoms with E-state index in [-0.39, 0.29) is 5.54 Å². The zero-order chi connectivity index (χ0) is 13.7. The highest BCUT2D eigenvalue weighted by Crippen LogP contribution is 2.42. The molecule has 0 aromatic heterocycles. The lowest BCUT2D eigenvalue weighted by Crippen LogP contribution is -2.58. The van der Waals surface area contributed by atoms with E-state index in [9.17, 15) is 8.42 Å². The Morgan fingerprint density at radius 2 is 1.89 bits per heavy atom. The molecule has 1 aromatic rings. The van der Waals surface area contributed by atoms with Gasteiger partial charge < -0.3 is 0 Å². The Morgan fingerprint density at radius 1 is 1.26 bits per heavy atom. The lowest BCUT2D eigenvalue weighted by molar-refractivity contribution is 0.192. The first-order valence-corrected chi connectivity index (χ1v) is 7.85. The van der Waals surface area contributed by atoms with Gasteiger partial charge in [-0.2, -0.15) is 4.31 Å². The van der Waals surface area contributed by atoms with Crippen molar-refractivity contribution in [1.29, 1.82) is 0 Å². The third kappa shape index (κ3) is 2.02. The molecule has 0 saturated carbocycles. The number of nitrogens with zero attached hydrogens (tertiary/aromatic N) is 2. The maximum Gasteiger partial charge on any atom is 0.243 e. The van der Waals surface area contributed by atoms with Gasteiger partial charge in [0.05, 0.1) is 10.4 Å². The van der Waals surface area contributed by atoms with Gasteiger partial charge in [-0.1, -0.05) is 23.8 Å². The van der Waals surface area contributed by atoms with E-state index in [0.29, 0.717) is 18.0 Å². The molecule has 4 nitrogen and oxygen atoms in total. The van der Waals surface area contributed by atoms with Crippen molar-refractivity contribution < 1.29 is 8.42 Å². The third-order valence-corrected chi connectivity index (χ3v) is 5.81. The molecule has 2 saturated heterocycles. The topological polar surface area (TPSA) is 40.4 Å². The van der Waals surface area contributed by atoms with Crippen LogP contribution in [0.15, 0.2) is 41.8 Å². The molecule has 19 heavy (non-hydrogen) atoms. The summed E-state index contributed by atoms with van der Waals surface area (Å²) < 4.78 is 26.4. The van der Waals surface area contributed by atoms with Gasteiger partial charge in [-0.15, -0.1) is 6.58 Å². The van der Waals surface area contributed by atoms with Crippen molar-refractivity contribution in [2.45, 2.75) is 17.4 Å². The second-order valence-electron chi connectivity index (χ2n) is 5.48. The van der Waals surface area contributed by atoms with Crippen molar-refractivity contribution in [3.63, 3.8) is 0 Å². The summed E-state index contributed by atoms with van der Waals surface area (Å²) in [6.07, 6.45) is 1.87. The first-order chi connectivity index (χ1) is 8.98. The Balaban J connectivity index is 1.71. The molecule has 2 aliphatic heterocycles. The number of hydrogen-bond donors (Lipinski definition) is 0. The zero-order valence-electron chi connectivity index (χ0n) is 11.0. The van der Waals surface area contributed by atoms with Crippen LogP contribution in [0.25, 0.3) is 0 Å². The Bertz CT molecular complexity index is 601. The molecule has 1 atom stereocenters. The summed E-state index contributed by atoms with van der Waals surface area (Å²) in [5.41, 5.74) is 1.17. The highest BCUT2D eigenvalue weighted by molar-refractivity contribution is 7.89. The maximum atomic E-state index is 12.4. The van der Waals surface area contributed by atoms with Crippen LogP contribution in [0, 0.1) is 6.92 Å². The van der Waals surface area contributed by atoms with E-state index >= 15 is 0 Å². The summed E-state index contributed by atoms with van der Waals surface area (Å²) in [6, 6.07) is 7.04. The maximum absolute atomic E-state index is 12.4. The second-order valence-corrected chi connectivity index (χ2v) is 7.42. The SMILES string of the molecule is C=CCN1CC12CN(S(=O)(=O)c1ccc(C)cc1)C2. The Hall–Kier alpha value is -1.17. The van der Waals surface area contributed by atoms with Crippen molar-refractivity contribution >= 4 is 10.0 Å². The third-order valence-electron chi connectivity index (χ3n) is 4.00.